The Morgan fingerprint density at radius 1 is 1.14 bits per heavy atom. The van der Waals surface area contributed by atoms with Gasteiger partial charge in [0.1, 0.15) is 0 Å². The van der Waals surface area contributed by atoms with Gasteiger partial charge >= 0.3 is 5.97 Å². The minimum atomic E-state index is -0.340. The lowest BCUT2D eigenvalue weighted by Crippen LogP contribution is -2.39. The summed E-state index contributed by atoms with van der Waals surface area (Å²) in [6.07, 6.45) is 0. The zero-order valence-electron chi connectivity index (χ0n) is 13.1. The van der Waals surface area contributed by atoms with Gasteiger partial charge in [-0.05, 0) is 44.0 Å². The Hall–Kier alpha value is -2.04. The average Bonchev–Trinajstić information content (AvgIpc) is 2.45. The molecule has 1 amide bonds. The molecule has 0 aliphatic heterocycles. The van der Waals surface area contributed by atoms with E-state index in [0.29, 0.717) is 18.1 Å². The van der Waals surface area contributed by atoms with Crippen molar-refractivity contribution in [1.82, 2.24) is 5.32 Å². The van der Waals surface area contributed by atoms with Crippen LogP contribution in [-0.4, -0.2) is 31.1 Å². The van der Waals surface area contributed by atoms with Gasteiger partial charge in [-0.1, -0.05) is 13.8 Å². The highest BCUT2D eigenvalue weighted by Gasteiger charge is 2.10. The van der Waals surface area contributed by atoms with Crippen LogP contribution < -0.4 is 10.6 Å². The number of esters is 1. The molecule has 0 unspecified atom stereocenters. The van der Waals surface area contributed by atoms with Gasteiger partial charge in [0.05, 0.1) is 18.7 Å². The number of anilines is 1. The Labute approximate surface area is 126 Å². The molecule has 1 rings (SSSR count). The molecule has 0 spiro atoms. The Kier molecular flexibility index (Phi) is 6.72. The van der Waals surface area contributed by atoms with E-state index in [1.54, 1.807) is 31.2 Å². The standard InChI is InChI=1S/C16H24N2O3/c1-5-21-16(20)13-6-8-14(9-7-13)17-10-15(19)18-12(4)11(2)3/h6-9,11-12,17H,5,10H2,1-4H3,(H,18,19)/t12-/m0/s1. The van der Waals surface area contributed by atoms with Gasteiger partial charge in [-0.3, -0.25) is 4.79 Å². The summed E-state index contributed by atoms with van der Waals surface area (Å²) >= 11 is 0. The fraction of sp³-hybridized carbons (Fsp3) is 0.500. The highest BCUT2D eigenvalue weighted by molar-refractivity contribution is 5.90. The summed E-state index contributed by atoms with van der Waals surface area (Å²) in [5, 5.41) is 5.94. The minimum absolute atomic E-state index is 0.0503. The Bertz CT molecular complexity index is 469. The number of hydrogen-bond donors (Lipinski definition) is 2. The van der Waals surface area contributed by atoms with Crippen molar-refractivity contribution in [2.75, 3.05) is 18.5 Å². The van der Waals surface area contributed by atoms with E-state index in [9.17, 15) is 9.59 Å². The topological polar surface area (TPSA) is 67.4 Å². The maximum Gasteiger partial charge on any atom is 0.338 e. The fourth-order valence-corrected chi connectivity index (χ4v) is 1.59. The maximum absolute atomic E-state index is 11.7. The molecule has 0 saturated heterocycles. The summed E-state index contributed by atoms with van der Waals surface area (Å²) in [4.78, 5) is 23.2. The van der Waals surface area contributed by atoms with Crippen LogP contribution in [0.25, 0.3) is 0 Å². The molecule has 0 fully saturated rings. The number of nitrogens with one attached hydrogen (secondary N) is 2. The highest BCUT2D eigenvalue weighted by Crippen LogP contribution is 2.10. The molecule has 0 aromatic heterocycles. The lowest BCUT2D eigenvalue weighted by molar-refractivity contribution is -0.120. The first-order valence-electron chi connectivity index (χ1n) is 7.24. The first kappa shape index (κ1) is 17.0. The summed E-state index contributed by atoms with van der Waals surface area (Å²) in [6, 6.07) is 7.01. The lowest BCUT2D eigenvalue weighted by atomic mass is 10.1. The predicted octanol–water partition coefficient (Wildman–Crippen LogP) is 2.44. The molecule has 0 aliphatic carbocycles. The molecule has 0 bridgehead atoms. The largest absolute Gasteiger partial charge is 0.462 e. The van der Waals surface area contributed by atoms with Crippen molar-refractivity contribution in [3.05, 3.63) is 29.8 Å². The van der Waals surface area contributed by atoms with Crippen LogP contribution in [0.3, 0.4) is 0 Å². The second-order valence-corrected chi connectivity index (χ2v) is 5.25. The van der Waals surface area contributed by atoms with E-state index in [-0.39, 0.29) is 24.5 Å². The number of carbonyl (C=O) groups is 2. The smallest absolute Gasteiger partial charge is 0.338 e. The molecule has 1 atom stereocenters. The average molecular weight is 292 g/mol. The molecule has 0 aliphatic rings. The molecular formula is C16H24N2O3. The van der Waals surface area contributed by atoms with E-state index >= 15 is 0 Å². The molecule has 21 heavy (non-hydrogen) atoms. The van der Waals surface area contributed by atoms with Gasteiger partial charge in [-0.15, -0.1) is 0 Å². The molecule has 0 heterocycles. The molecule has 1 aromatic carbocycles. The van der Waals surface area contributed by atoms with Gasteiger partial charge in [0.15, 0.2) is 0 Å². The minimum Gasteiger partial charge on any atom is -0.462 e. The highest BCUT2D eigenvalue weighted by atomic mass is 16.5. The first-order chi connectivity index (χ1) is 9.93. The van der Waals surface area contributed by atoms with Crippen LogP contribution in [0, 0.1) is 5.92 Å². The number of amides is 1. The molecule has 0 radical (unpaired) electrons. The Balaban J connectivity index is 2.46. The third-order valence-electron chi connectivity index (χ3n) is 3.24. The third-order valence-corrected chi connectivity index (χ3v) is 3.24. The third kappa shape index (κ3) is 5.85. The van der Waals surface area contributed by atoms with Gasteiger partial charge in [0.25, 0.3) is 0 Å². The summed E-state index contributed by atoms with van der Waals surface area (Å²) in [5.41, 5.74) is 1.29. The van der Waals surface area contributed by atoms with Crippen LogP contribution in [0.5, 0.6) is 0 Å². The summed E-state index contributed by atoms with van der Waals surface area (Å²) in [7, 11) is 0. The van der Waals surface area contributed by atoms with Crippen LogP contribution in [-0.2, 0) is 9.53 Å². The van der Waals surface area contributed by atoms with Crippen molar-refractivity contribution in [3.8, 4) is 0 Å². The summed E-state index contributed by atoms with van der Waals surface area (Å²) in [6.45, 7) is 8.43. The normalized spacial score (nSPS) is 11.9. The van der Waals surface area contributed by atoms with E-state index in [2.05, 4.69) is 24.5 Å². The van der Waals surface area contributed by atoms with E-state index in [4.69, 9.17) is 4.74 Å². The van der Waals surface area contributed by atoms with Crippen molar-refractivity contribution < 1.29 is 14.3 Å². The first-order valence-corrected chi connectivity index (χ1v) is 7.24. The zero-order chi connectivity index (χ0) is 15.8. The van der Waals surface area contributed by atoms with Gasteiger partial charge in [0.2, 0.25) is 5.91 Å². The van der Waals surface area contributed by atoms with Gasteiger partial charge in [0, 0.05) is 11.7 Å². The van der Waals surface area contributed by atoms with Gasteiger partial charge in [-0.25, -0.2) is 4.79 Å². The van der Waals surface area contributed by atoms with Crippen LogP contribution in [0.15, 0.2) is 24.3 Å². The van der Waals surface area contributed by atoms with E-state index in [0.717, 1.165) is 5.69 Å². The fourth-order valence-electron chi connectivity index (χ4n) is 1.59. The molecule has 116 valence electrons. The molecule has 5 heteroatoms. The second-order valence-electron chi connectivity index (χ2n) is 5.25. The van der Waals surface area contributed by atoms with Crippen molar-refractivity contribution in [2.45, 2.75) is 33.7 Å². The zero-order valence-corrected chi connectivity index (χ0v) is 13.1. The second kappa shape index (κ2) is 8.29. The number of hydrogen-bond acceptors (Lipinski definition) is 4. The molecule has 5 nitrogen and oxygen atoms in total. The molecular weight excluding hydrogens is 268 g/mol. The molecule has 0 saturated carbocycles. The van der Waals surface area contributed by atoms with E-state index < -0.39 is 0 Å². The number of ether oxygens (including phenoxy) is 1. The number of carbonyl (C=O) groups excluding carboxylic acids is 2. The quantitative estimate of drug-likeness (QED) is 0.757. The Morgan fingerprint density at radius 2 is 1.76 bits per heavy atom. The van der Waals surface area contributed by atoms with E-state index in [1.165, 1.54) is 0 Å². The maximum atomic E-state index is 11.7. The van der Waals surface area contributed by atoms with Crippen molar-refractivity contribution in [2.24, 2.45) is 5.92 Å². The molecule has 1 aromatic rings. The van der Waals surface area contributed by atoms with Crippen molar-refractivity contribution in [3.63, 3.8) is 0 Å². The number of benzene rings is 1. The van der Waals surface area contributed by atoms with Crippen LogP contribution in [0.4, 0.5) is 5.69 Å². The van der Waals surface area contributed by atoms with E-state index in [1.807, 2.05) is 6.92 Å². The van der Waals surface area contributed by atoms with Crippen molar-refractivity contribution >= 4 is 17.6 Å². The van der Waals surface area contributed by atoms with Crippen LogP contribution >= 0.6 is 0 Å². The summed E-state index contributed by atoms with van der Waals surface area (Å²) in [5.74, 6) is 0.0102. The monoisotopic (exact) mass is 292 g/mol. The van der Waals surface area contributed by atoms with Crippen molar-refractivity contribution in [1.29, 1.82) is 0 Å². The predicted molar refractivity (Wildman–Crippen MR) is 83.3 cm³/mol. The van der Waals surface area contributed by atoms with Gasteiger partial charge < -0.3 is 15.4 Å². The number of rotatable bonds is 7. The van der Waals surface area contributed by atoms with Gasteiger partial charge in [-0.2, -0.15) is 0 Å². The SMILES string of the molecule is CCOC(=O)c1ccc(NCC(=O)N[C@@H](C)C(C)C)cc1. The van der Waals surface area contributed by atoms with Crippen LogP contribution in [0.2, 0.25) is 0 Å². The molecule has 2 N–H and O–H groups in total. The summed E-state index contributed by atoms with van der Waals surface area (Å²) < 4.78 is 4.91. The van der Waals surface area contributed by atoms with Crippen LogP contribution in [0.1, 0.15) is 38.1 Å². The lowest BCUT2D eigenvalue weighted by Gasteiger charge is -2.17. The Morgan fingerprint density at radius 3 is 2.29 bits per heavy atom.